The standard InChI is InChI=1S/C19H32O5/c1-3-17(2)19-6-4-18(5-7-19)16-24-15-14-23-13-12-22-11-10-21-9-8-20/h4-7,17,20H,3,8-16H2,1-2H3. The van der Waals surface area contributed by atoms with Crippen LogP contribution in [0, 0.1) is 0 Å². The van der Waals surface area contributed by atoms with Gasteiger partial charge in [0.25, 0.3) is 0 Å². The van der Waals surface area contributed by atoms with Crippen LogP contribution in [0.4, 0.5) is 0 Å². The molecule has 0 aromatic heterocycles. The van der Waals surface area contributed by atoms with Crippen molar-refractivity contribution in [3.05, 3.63) is 35.4 Å². The number of benzene rings is 1. The van der Waals surface area contributed by atoms with E-state index in [-0.39, 0.29) is 6.61 Å². The minimum atomic E-state index is 0.0467. The molecule has 1 rings (SSSR count). The Labute approximate surface area is 145 Å². The molecule has 1 aromatic rings. The minimum Gasteiger partial charge on any atom is -0.394 e. The lowest BCUT2D eigenvalue weighted by molar-refractivity contribution is -0.00743. The predicted octanol–water partition coefficient (Wildman–Crippen LogP) is 2.76. The van der Waals surface area contributed by atoms with Gasteiger partial charge in [0.1, 0.15) is 0 Å². The topological polar surface area (TPSA) is 57.2 Å². The van der Waals surface area contributed by atoms with Crippen molar-refractivity contribution in [2.75, 3.05) is 52.9 Å². The fourth-order valence-electron chi connectivity index (χ4n) is 2.09. The molecule has 0 saturated carbocycles. The van der Waals surface area contributed by atoms with Crippen molar-refractivity contribution in [2.24, 2.45) is 0 Å². The van der Waals surface area contributed by atoms with Crippen molar-refractivity contribution in [3.63, 3.8) is 0 Å². The molecule has 1 unspecified atom stereocenters. The zero-order valence-electron chi connectivity index (χ0n) is 15.0. The number of aliphatic hydroxyl groups is 1. The number of ether oxygens (including phenoxy) is 4. The van der Waals surface area contributed by atoms with Crippen LogP contribution in [0.5, 0.6) is 0 Å². The smallest absolute Gasteiger partial charge is 0.0718 e. The monoisotopic (exact) mass is 340 g/mol. The van der Waals surface area contributed by atoms with Crippen LogP contribution in [0.25, 0.3) is 0 Å². The van der Waals surface area contributed by atoms with E-state index in [1.54, 1.807) is 0 Å². The largest absolute Gasteiger partial charge is 0.394 e. The molecule has 0 amide bonds. The third-order valence-corrected chi connectivity index (χ3v) is 3.78. The average molecular weight is 340 g/mol. The molecule has 0 radical (unpaired) electrons. The average Bonchev–Trinajstić information content (AvgIpc) is 2.62. The SMILES string of the molecule is CCC(C)c1ccc(COCCOCCOCCOCCO)cc1. The summed E-state index contributed by atoms with van der Waals surface area (Å²) in [7, 11) is 0. The van der Waals surface area contributed by atoms with Crippen molar-refractivity contribution < 1.29 is 24.1 Å². The van der Waals surface area contributed by atoms with Crippen molar-refractivity contribution in [2.45, 2.75) is 32.8 Å². The summed E-state index contributed by atoms with van der Waals surface area (Å²) in [6, 6.07) is 8.64. The zero-order chi connectivity index (χ0) is 17.5. The van der Waals surface area contributed by atoms with E-state index in [0.717, 1.165) is 6.42 Å². The molecule has 0 heterocycles. The van der Waals surface area contributed by atoms with E-state index in [9.17, 15) is 0 Å². The summed E-state index contributed by atoms with van der Waals surface area (Å²) >= 11 is 0. The lowest BCUT2D eigenvalue weighted by Crippen LogP contribution is -2.12. The molecule has 0 bridgehead atoms. The van der Waals surface area contributed by atoms with Crippen molar-refractivity contribution in [1.82, 2.24) is 0 Å². The third-order valence-electron chi connectivity index (χ3n) is 3.78. The van der Waals surface area contributed by atoms with Gasteiger partial charge in [-0.15, -0.1) is 0 Å². The fourth-order valence-corrected chi connectivity index (χ4v) is 2.09. The Kier molecular flexibility index (Phi) is 12.6. The van der Waals surface area contributed by atoms with Crippen LogP contribution in [-0.2, 0) is 25.6 Å². The normalized spacial score (nSPS) is 12.5. The van der Waals surface area contributed by atoms with Crippen LogP contribution in [-0.4, -0.2) is 58.0 Å². The molecular weight excluding hydrogens is 308 g/mol. The number of aliphatic hydroxyl groups excluding tert-OH is 1. The Hall–Kier alpha value is -0.980. The molecule has 0 saturated heterocycles. The Morgan fingerprint density at radius 2 is 1.29 bits per heavy atom. The molecule has 0 spiro atoms. The first kappa shape index (κ1) is 21.1. The van der Waals surface area contributed by atoms with E-state index >= 15 is 0 Å². The predicted molar refractivity (Wildman–Crippen MR) is 94.3 cm³/mol. The van der Waals surface area contributed by atoms with Crippen molar-refractivity contribution in [1.29, 1.82) is 0 Å². The van der Waals surface area contributed by atoms with Crippen LogP contribution >= 0.6 is 0 Å². The van der Waals surface area contributed by atoms with Crippen LogP contribution in [0.2, 0.25) is 0 Å². The fraction of sp³-hybridized carbons (Fsp3) is 0.684. The molecule has 0 aliphatic carbocycles. The van der Waals surface area contributed by atoms with Gasteiger partial charge in [-0.1, -0.05) is 38.1 Å². The highest BCUT2D eigenvalue weighted by atomic mass is 16.6. The van der Waals surface area contributed by atoms with E-state index in [1.165, 1.54) is 11.1 Å². The van der Waals surface area contributed by atoms with E-state index < -0.39 is 0 Å². The Balaban J connectivity index is 1.93. The molecular formula is C19H32O5. The van der Waals surface area contributed by atoms with Gasteiger partial charge < -0.3 is 24.1 Å². The number of hydrogen-bond acceptors (Lipinski definition) is 5. The second kappa shape index (κ2) is 14.4. The highest BCUT2D eigenvalue weighted by Gasteiger charge is 2.02. The molecule has 1 N–H and O–H groups in total. The van der Waals surface area contributed by atoms with E-state index in [1.807, 2.05) is 0 Å². The van der Waals surface area contributed by atoms with E-state index in [4.69, 9.17) is 24.1 Å². The van der Waals surface area contributed by atoms with Gasteiger partial charge >= 0.3 is 0 Å². The molecule has 0 aliphatic rings. The molecule has 24 heavy (non-hydrogen) atoms. The first-order valence-electron chi connectivity index (χ1n) is 8.78. The van der Waals surface area contributed by atoms with Gasteiger partial charge in [0.05, 0.1) is 59.5 Å². The maximum Gasteiger partial charge on any atom is 0.0718 e. The van der Waals surface area contributed by atoms with E-state index in [2.05, 4.69) is 38.1 Å². The van der Waals surface area contributed by atoms with E-state index in [0.29, 0.717) is 58.8 Å². The van der Waals surface area contributed by atoms with Gasteiger partial charge in [0.15, 0.2) is 0 Å². The highest BCUT2D eigenvalue weighted by Crippen LogP contribution is 2.18. The minimum absolute atomic E-state index is 0.0467. The lowest BCUT2D eigenvalue weighted by Gasteiger charge is -2.10. The van der Waals surface area contributed by atoms with Crippen molar-refractivity contribution >= 4 is 0 Å². The molecule has 0 aliphatic heterocycles. The first-order chi connectivity index (χ1) is 11.8. The van der Waals surface area contributed by atoms with Crippen molar-refractivity contribution in [3.8, 4) is 0 Å². The Morgan fingerprint density at radius 1 is 0.792 bits per heavy atom. The molecule has 0 fully saturated rings. The summed E-state index contributed by atoms with van der Waals surface area (Å²) in [5, 5.41) is 8.53. The van der Waals surface area contributed by atoms with Gasteiger partial charge in [-0.05, 0) is 23.5 Å². The van der Waals surface area contributed by atoms with Gasteiger partial charge in [-0.3, -0.25) is 0 Å². The number of rotatable bonds is 15. The molecule has 1 atom stereocenters. The second-order valence-corrected chi connectivity index (χ2v) is 5.66. The quantitative estimate of drug-likeness (QED) is 0.498. The lowest BCUT2D eigenvalue weighted by atomic mass is 9.98. The summed E-state index contributed by atoms with van der Waals surface area (Å²) in [4.78, 5) is 0. The van der Waals surface area contributed by atoms with Gasteiger partial charge in [0, 0.05) is 0 Å². The Bertz CT molecular complexity index is 393. The third kappa shape index (κ3) is 10.0. The summed E-state index contributed by atoms with van der Waals surface area (Å²) < 4.78 is 21.4. The maximum atomic E-state index is 8.53. The van der Waals surface area contributed by atoms with Crippen LogP contribution < -0.4 is 0 Å². The molecule has 5 heteroatoms. The molecule has 138 valence electrons. The van der Waals surface area contributed by atoms with Crippen LogP contribution in [0.15, 0.2) is 24.3 Å². The molecule has 5 nitrogen and oxygen atoms in total. The van der Waals surface area contributed by atoms with Crippen LogP contribution in [0.1, 0.15) is 37.3 Å². The first-order valence-corrected chi connectivity index (χ1v) is 8.78. The highest BCUT2D eigenvalue weighted by molar-refractivity contribution is 5.24. The summed E-state index contributed by atoms with van der Waals surface area (Å²) in [5.74, 6) is 0.608. The van der Waals surface area contributed by atoms with Gasteiger partial charge in [0.2, 0.25) is 0 Å². The summed E-state index contributed by atoms with van der Waals surface area (Å²) in [5.41, 5.74) is 2.57. The van der Waals surface area contributed by atoms with Gasteiger partial charge in [-0.2, -0.15) is 0 Å². The van der Waals surface area contributed by atoms with Crippen LogP contribution in [0.3, 0.4) is 0 Å². The van der Waals surface area contributed by atoms with Gasteiger partial charge in [-0.25, -0.2) is 0 Å². The second-order valence-electron chi connectivity index (χ2n) is 5.66. The maximum absolute atomic E-state index is 8.53. The Morgan fingerprint density at radius 3 is 1.79 bits per heavy atom. The summed E-state index contributed by atoms with van der Waals surface area (Å²) in [6.45, 7) is 8.72. The number of hydrogen-bond donors (Lipinski definition) is 1. The zero-order valence-corrected chi connectivity index (χ0v) is 15.0. The summed E-state index contributed by atoms with van der Waals surface area (Å²) in [6.07, 6.45) is 1.16. The molecule has 1 aromatic carbocycles.